The quantitative estimate of drug-likeness (QED) is 0.611. The topological polar surface area (TPSA) is 50.7 Å². The molecule has 6 heteroatoms. The van der Waals surface area contributed by atoms with E-state index in [9.17, 15) is 0 Å². The van der Waals surface area contributed by atoms with E-state index in [1.165, 1.54) is 0 Å². The smallest absolute Gasteiger partial charge is 0.183 e. The maximum Gasteiger partial charge on any atom is 0.183 e. The average molecular weight is 371 g/mol. The molecule has 0 unspecified atom stereocenters. The lowest BCUT2D eigenvalue weighted by atomic mass is 10.1. The van der Waals surface area contributed by atoms with Gasteiger partial charge in [-0.15, -0.1) is 0 Å². The molecule has 0 radical (unpaired) electrons. The fourth-order valence-corrected chi connectivity index (χ4v) is 3.66. The van der Waals surface area contributed by atoms with E-state index >= 15 is 0 Å². The summed E-state index contributed by atoms with van der Waals surface area (Å²) in [6.45, 7) is 3.07. The van der Waals surface area contributed by atoms with Gasteiger partial charge in [0.1, 0.15) is 5.82 Å². The molecule has 1 fully saturated rings. The Morgan fingerprint density at radius 1 is 1.20 bits per heavy atom. The molecule has 0 atom stereocenters. The number of thiazole rings is 1. The van der Waals surface area contributed by atoms with E-state index in [4.69, 9.17) is 21.6 Å². The summed E-state index contributed by atoms with van der Waals surface area (Å²) < 4.78 is 0. The van der Waals surface area contributed by atoms with Gasteiger partial charge in [-0.05, 0) is 31.4 Å². The molecule has 1 aromatic carbocycles. The largest absolute Gasteiger partial charge is 0.362 e. The second kappa shape index (κ2) is 7.10. The Hall–Kier alpha value is -1.98. The summed E-state index contributed by atoms with van der Waals surface area (Å²) in [5.74, 6) is 1.40. The molecule has 0 amide bonds. The van der Waals surface area contributed by atoms with Crippen LogP contribution in [-0.2, 0) is 0 Å². The molecular weight excluding hydrogens is 352 g/mol. The monoisotopic (exact) mass is 370 g/mol. The first-order chi connectivity index (χ1) is 12.2. The predicted octanol–water partition coefficient (Wildman–Crippen LogP) is 5.62. The van der Waals surface area contributed by atoms with Crippen molar-refractivity contribution in [2.24, 2.45) is 0 Å². The van der Waals surface area contributed by atoms with Crippen molar-refractivity contribution in [2.45, 2.75) is 32.1 Å². The van der Waals surface area contributed by atoms with Gasteiger partial charge in [0.15, 0.2) is 5.13 Å². The van der Waals surface area contributed by atoms with Crippen LogP contribution in [0.3, 0.4) is 0 Å². The van der Waals surface area contributed by atoms with E-state index in [0.29, 0.717) is 10.9 Å². The highest BCUT2D eigenvalue weighted by Gasteiger charge is 2.28. The number of rotatable bonds is 6. The van der Waals surface area contributed by atoms with Crippen LogP contribution in [-0.4, -0.2) is 21.5 Å². The fourth-order valence-electron chi connectivity index (χ4n) is 2.63. The molecule has 0 bridgehead atoms. The van der Waals surface area contributed by atoms with Gasteiger partial charge in [-0.25, -0.2) is 15.0 Å². The number of hydrogen-bond acceptors (Lipinski definition) is 5. The lowest BCUT2D eigenvalue weighted by molar-refractivity contribution is 0.935. The Morgan fingerprint density at radius 2 is 2.00 bits per heavy atom. The minimum atomic E-state index is 0.479. The van der Waals surface area contributed by atoms with Crippen LogP contribution in [0.15, 0.2) is 36.5 Å². The van der Waals surface area contributed by atoms with Gasteiger partial charge in [0.25, 0.3) is 0 Å². The molecule has 0 aliphatic heterocycles. The third kappa shape index (κ3) is 3.67. The van der Waals surface area contributed by atoms with E-state index in [0.717, 1.165) is 58.6 Å². The fraction of sp³-hybridized carbons (Fsp3) is 0.316. The van der Waals surface area contributed by atoms with Crippen molar-refractivity contribution < 1.29 is 0 Å². The highest BCUT2D eigenvalue weighted by Crippen LogP contribution is 2.41. The third-order valence-corrected chi connectivity index (χ3v) is 5.43. The number of nitrogens with zero attached hydrogens (tertiary/aromatic N) is 3. The number of benzene rings is 1. The molecule has 4 nitrogen and oxygen atoms in total. The normalized spacial score (nSPS) is 13.8. The van der Waals surface area contributed by atoms with Crippen molar-refractivity contribution in [2.75, 3.05) is 11.9 Å². The van der Waals surface area contributed by atoms with Crippen molar-refractivity contribution in [3.05, 3.63) is 47.4 Å². The molecule has 4 rings (SSSR count). The average Bonchev–Trinajstić information content (AvgIpc) is 3.38. The highest BCUT2D eigenvalue weighted by molar-refractivity contribution is 7.18. The zero-order valence-corrected chi connectivity index (χ0v) is 15.6. The molecule has 3 aromatic rings. The molecule has 0 saturated heterocycles. The SMILES string of the molecule is CCCNc1ncc(-c2cc(-c3ccccc3Cl)nc(C3CC3)n2)s1. The van der Waals surface area contributed by atoms with Crippen LogP contribution in [0.4, 0.5) is 5.13 Å². The minimum Gasteiger partial charge on any atom is -0.362 e. The van der Waals surface area contributed by atoms with Crippen molar-refractivity contribution in [3.63, 3.8) is 0 Å². The first-order valence-corrected chi connectivity index (χ1v) is 9.78. The van der Waals surface area contributed by atoms with E-state index in [1.54, 1.807) is 11.3 Å². The summed E-state index contributed by atoms with van der Waals surface area (Å²) in [6, 6.07) is 9.84. The summed E-state index contributed by atoms with van der Waals surface area (Å²) in [6.07, 6.45) is 5.29. The van der Waals surface area contributed by atoms with Gasteiger partial charge in [0.05, 0.1) is 16.3 Å². The zero-order valence-electron chi connectivity index (χ0n) is 14.0. The van der Waals surface area contributed by atoms with Crippen LogP contribution in [0, 0.1) is 0 Å². The van der Waals surface area contributed by atoms with Crippen molar-refractivity contribution in [3.8, 4) is 21.8 Å². The van der Waals surface area contributed by atoms with Gasteiger partial charge in [0, 0.05) is 29.2 Å². The van der Waals surface area contributed by atoms with Crippen LogP contribution in [0.2, 0.25) is 5.02 Å². The molecule has 1 saturated carbocycles. The summed E-state index contributed by atoms with van der Waals surface area (Å²) in [7, 11) is 0. The van der Waals surface area contributed by atoms with E-state index in [1.807, 2.05) is 36.5 Å². The molecule has 2 aromatic heterocycles. The van der Waals surface area contributed by atoms with Crippen molar-refractivity contribution >= 4 is 28.1 Å². The molecular formula is C19H19ClN4S. The number of aromatic nitrogens is 3. The Balaban J connectivity index is 1.75. The van der Waals surface area contributed by atoms with Gasteiger partial charge in [-0.2, -0.15) is 0 Å². The Morgan fingerprint density at radius 3 is 2.76 bits per heavy atom. The number of halogens is 1. The predicted molar refractivity (Wildman–Crippen MR) is 104 cm³/mol. The molecule has 0 spiro atoms. The molecule has 1 aliphatic carbocycles. The Labute approximate surface area is 156 Å². The van der Waals surface area contributed by atoms with Crippen molar-refractivity contribution in [1.29, 1.82) is 0 Å². The van der Waals surface area contributed by atoms with Gasteiger partial charge in [0.2, 0.25) is 0 Å². The van der Waals surface area contributed by atoms with E-state index in [2.05, 4.69) is 17.2 Å². The first kappa shape index (κ1) is 16.5. The van der Waals surface area contributed by atoms with Crippen LogP contribution in [0.5, 0.6) is 0 Å². The second-order valence-electron chi connectivity index (χ2n) is 6.21. The van der Waals surface area contributed by atoms with E-state index < -0.39 is 0 Å². The lowest BCUT2D eigenvalue weighted by Crippen LogP contribution is -1.98. The Bertz CT molecular complexity index is 889. The van der Waals surface area contributed by atoms with Crippen LogP contribution in [0.1, 0.15) is 37.9 Å². The maximum absolute atomic E-state index is 6.39. The first-order valence-electron chi connectivity index (χ1n) is 8.58. The van der Waals surface area contributed by atoms with Gasteiger partial charge in [-0.1, -0.05) is 48.1 Å². The summed E-state index contributed by atoms with van der Waals surface area (Å²) in [4.78, 5) is 15.1. The Kier molecular flexibility index (Phi) is 4.68. The van der Waals surface area contributed by atoms with Crippen LogP contribution >= 0.6 is 22.9 Å². The summed E-state index contributed by atoms with van der Waals surface area (Å²) in [5, 5.41) is 4.98. The minimum absolute atomic E-state index is 0.479. The molecule has 128 valence electrons. The molecule has 1 aliphatic rings. The zero-order chi connectivity index (χ0) is 17.2. The summed E-state index contributed by atoms with van der Waals surface area (Å²) in [5.41, 5.74) is 2.76. The molecule has 25 heavy (non-hydrogen) atoms. The number of nitrogens with one attached hydrogen (secondary N) is 1. The number of anilines is 1. The molecule has 1 N–H and O–H groups in total. The number of hydrogen-bond donors (Lipinski definition) is 1. The van der Waals surface area contributed by atoms with Gasteiger partial charge in [-0.3, -0.25) is 0 Å². The highest BCUT2D eigenvalue weighted by atomic mass is 35.5. The van der Waals surface area contributed by atoms with E-state index in [-0.39, 0.29) is 0 Å². The van der Waals surface area contributed by atoms with Gasteiger partial charge >= 0.3 is 0 Å². The summed E-state index contributed by atoms with van der Waals surface area (Å²) >= 11 is 8.02. The maximum atomic E-state index is 6.39. The third-order valence-electron chi connectivity index (χ3n) is 4.12. The van der Waals surface area contributed by atoms with Crippen LogP contribution in [0.25, 0.3) is 21.8 Å². The van der Waals surface area contributed by atoms with Gasteiger partial charge < -0.3 is 5.32 Å². The van der Waals surface area contributed by atoms with Crippen LogP contribution < -0.4 is 5.32 Å². The molecule has 2 heterocycles. The standard InChI is InChI=1S/C19H19ClN4S/c1-2-9-21-19-22-11-17(25-19)16-10-15(13-5-3-4-6-14(13)20)23-18(24-16)12-7-8-12/h3-6,10-12H,2,7-9H2,1H3,(H,21,22). The lowest BCUT2D eigenvalue weighted by Gasteiger charge is -2.08. The second-order valence-corrected chi connectivity index (χ2v) is 7.65. The van der Waals surface area contributed by atoms with Crippen molar-refractivity contribution in [1.82, 2.24) is 15.0 Å².